The second-order valence-corrected chi connectivity index (χ2v) is 4.89. The fourth-order valence-corrected chi connectivity index (χ4v) is 2.21. The molecular formula is C17H18FN3O2. The van der Waals surface area contributed by atoms with E-state index in [0.29, 0.717) is 12.2 Å². The highest BCUT2D eigenvalue weighted by Crippen LogP contribution is 2.16. The van der Waals surface area contributed by atoms with Crippen molar-refractivity contribution in [2.75, 3.05) is 23.3 Å². The van der Waals surface area contributed by atoms with Crippen LogP contribution in [0.4, 0.5) is 15.8 Å². The van der Waals surface area contributed by atoms with Gasteiger partial charge in [0.15, 0.2) is 0 Å². The van der Waals surface area contributed by atoms with Gasteiger partial charge in [-0.15, -0.1) is 0 Å². The van der Waals surface area contributed by atoms with Crippen LogP contribution in [-0.4, -0.2) is 24.9 Å². The lowest BCUT2D eigenvalue weighted by Crippen LogP contribution is -2.35. The van der Waals surface area contributed by atoms with Crippen molar-refractivity contribution in [3.8, 4) is 0 Å². The molecule has 0 saturated carbocycles. The Bertz CT molecular complexity index is 704. The van der Waals surface area contributed by atoms with Crippen LogP contribution in [-0.2, 0) is 4.79 Å². The van der Waals surface area contributed by atoms with E-state index in [-0.39, 0.29) is 18.0 Å². The van der Waals surface area contributed by atoms with E-state index in [2.05, 4.69) is 5.32 Å². The van der Waals surface area contributed by atoms with Crippen molar-refractivity contribution >= 4 is 23.2 Å². The molecule has 0 unspecified atom stereocenters. The number of nitrogens with two attached hydrogens (primary N) is 1. The molecule has 5 nitrogen and oxygen atoms in total. The smallest absolute Gasteiger partial charge is 0.251 e. The van der Waals surface area contributed by atoms with Crippen molar-refractivity contribution in [3.63, 3.8) is 0 Å². The van der Waals surface area contributed by atoms with Crippen molar-refractivity contribution in [2.45, 2.75) is 6.92 Å². The molecular weight excluding hydrogens is 297 g/mol. The summed E-state index contributed by atoms with van der Waals surface area (Å²) in [5.41, 5.74) is 6.15. The number of hydrogen-bond donors (Lipinski definition) is 2. The number of carbonyl (C=O) groups excluding carboxylic acids is 2. The molecule has 0 spiro atoms. The summed E-state index contributed by atoms with van der Waals surface area (Å²) in [6.07, 6.45) is 0. The van der Waals surface area contributed by atoms with Crippen LogP contribution < -0.4 is 16.0 Å². The Hall–Kier alpha value is -2.89. The lowest BCUT2D eigenvalue weighted by Gasteiger charge is -2.21. The van der Waals surface area contributed by atoms with Crippen molar-refractivity contribution in [3.05, 3.63) is 59.9 Å². The number of nitrogens with one attached hydrogen (secondary N) is 1. The number of hydrogen-bond acceptors (Lipinski definition) is 3. The molecule has 0 saturated heterocycles. The minimum Gasteiger partial charge on any atom is -0.376 e. The van der Waals surface area contributed by atoms with Gasteiger partial charge in [-0.25, -0.2) is 4.39 Å². The van der Waals surface area contributed by atoms with E-state index in [1.54, 1.807) is 4.90 Å². The summed E-state index contributed by atoms with van der Waals surface area (Å²) in [5, 5.41) is 2.89. The minimum atomic E-state index is -0.850. The Labute approximate surface area is 133 Å². The van der Waals surface area contributed by atoms with Crippen LogP contribution in [0.15, 0.2) is 48.5 Å². The molecule has 0 aliphatic heterocycles. The Morgan fingerprint density at radius 3 is 2.48 bits per heavy atom. The number of rotatable bonds is 6. The van der Waals surface area contributed by atoms with Crippen molar-refractivity contribution in [2.24, 2.45) is 5.73 Å². The number of halogens is 1. The van der Waals surface area contributed by atoms with Crippen LogP contribution in [0, 0.1) is 5.82 Å². The van der Waals surface area contributed by atoms with Crippen molar-refractivity contribution < 1.29 is 14.0 Å². The molecule has 2 aromatic rings. The van der Waals surface area contributed by atoms with Crippen LogP contribution in [0.25, 0.3) is 0 Å². The van der Waals surface area contributed by atoms with E-state index in [9.17, 15) is 14.0 Å². The number of anilines is 2. The number of carbonyl (C=O) groups is 2. The Kier molecular flexibility index (Phi) is 5.30. The molecule has 0 aliphatic carbocycles. The monoisotopic (exact) mass is 315 g/mol. The average Bonchev–Trinajstić information content (AvgIpc) is 2.55. The Morgan fingerprint density at radius 1 is 1.17 bits per heavy atom. The van der Waals surface area contributed by atoms with E-state index in [0.717, 1.165) is 11.8 Å². The highest BCUT2D eigenvalue weighted by Gasteiger charge is 2.14. The third kappa shape index (κ3) is 4.06. The van der Waals surface area contributed by atoms with E-state index in [4.69, 9.17) is 5.73 Å². The highest BCUT2D eigenvalue weighted by molar-refractivity contribution is 5.97. The number of likely N-dealkylation sites (N-methyl/N-ethyl adjacent to an activating group) is 1. The third-order valence-electron chi connectivity index (χ3n) is 3.36. The van der Waals surface area contributed by atoms with Crippen LogP contribution in [0.5, 0.6) is 0 Å². The topological polar surface area (TPSA) is 75.4 Å². The van der Waals surface area contributed by atoms with Gasteiger partial charge < -0.3 is 16.0 Å². The van der Waals surface area contributed by atoms with Gasteiger partial charge in [0.2, 0.25) is 5.91 Å². The zero-order valence-corrected chi connectivity index (χ0v) is 12.8. The second-order valence-electron chi connectivity index (χ2n) is 4.89. The fraction of sp³-hybridized carbons (Fsp3) is 0.176. The molecule has 0 aromatic heterocycles. The molecule has 0 bridgehead atoms. The highest BCUT2D eigenvalue weighted by atomic mass is 19.1. The summed E-state index contributed by atoms with van der Waals surface area (Å²) in [7, 11) is 0. The first-order chi connectivity index (χ1) is 11.0. The SMILES string of the molecule is CCN(C(=O)CNc1ccc(F)c(C(N)=O)c1)c1ccccc1. The van der Waals surface area contributed by atoms with Crippen molar-refractivity contribution in [1.82, 2.24) is 0 Å². The third-order valence-corrected chi connectivity index (χ3v) is 3.36. The number of primary amides is 1. The predicted octanol–water partition coefficient (Wildman–Crippen LogP) is 2.39. The molecule has 3 N–H and O–H groups in total. The molecule has 0 fully saturated rings. The number of amides is 2. The van der Waals surface area contributed by atoms with Gasteiger partial charge in [-0.05, 0) is 37.3 Å². The molecule has 0 atom stereocenters. The number of para-hydroxylation sites is 1. The van der Waals surface area contributed by atoms with Crippen LogP contribution in [0.3, 0.4) is 0 Å². The predicted molar refractivity (Wildman–Crippen MR) is 87.9 cm³/mol. The van der Waals surface area contributed by atoms with Crippen LogP contribution in [0.2, 0.25) is 0 Å². The van der Waals surface area contributed by atoms with E-state index in [1.807, 2.05) is 37.3 Å². The molecule has 2 amide bonds. The molecule has 0 heterocycles. The van der Waals surface area contributed by atoms with Gasteiger partial charge in [-0.2, -0.15) is 0 Å². The molecule has 23 heavy (non-hydrogen) atoms. The van der Waals surface area contributed by atoms with E-state index >= 15 is 0 Å². The maximum atomic E-state index is 13.4. The lowest BCUT2D eigenvalue weighted by atomic mass is 10.2. The van der Waals surface area contributed by atoms with Crippen LogP contribution in [0.1, 0.15) is 17.3 Å². The van der Waals surface area contributed by atoms with Gasteiger partial charge in [0, 0.05) is 17.9 Å². The maximum absolute atomic E-state index is 13.4. The summed E-state index contributed by atoms with van der Waals surface area (Å²) in [4.78, 5) is 25.1. The second kappa shape index (κ2) is 7.40. The normalized spacial score (nSPS) is 10.2. The van der Waals surface area contributed by atoms with Gasteiger partial charge >= 0.3 is 0 Å². The molecule has 6 heteroatoms. The summed E-state index contributed by atoms with van der Waals surface area (Å²) in [5.74, 6) is -1.67. The van der Waals surface area contributed by atoms with Crippen molar-refractivity contribution in [1.29, 1.82) is 0 Å². The summed E-state index contributed by atoms with van der Waals surface area (Å²) < 4.78 is 13.4. The fourth-order valence-electron chi connectivity index (χ4n) is 2.21. The summed E-state index contributed by atoms with van der Waals surface area (Å²) in [6, 6.07) is 13.2. The molecule has 2 rings (SSSR count). The Balaban J connectivity index is 2.06. The first-order valence-corrected chi connectivity index (χ1v) is 7.21. The number of nitrogens with zero attached hydrogens (tertiary/aromatic N) is 1. The maximum Gasteiger partial charge on any atom is 0.251 e. The quantitative estimate of drug-likeness (QED) is 0.859. The molecule has 120 valence electrons. The average molecular weight is 315 g/mol. The number of benzene rings is 2. The van der Waals surface area contributed by atoms with Gasteiger partial charge in [-0.3, -0.25) is 9.59 Å². The van der Waals surface area contributed by atoms with Gasteiger partial charge in [0.25, 0.3) is 5.91 Å². The van der Waals surface area contributed by atoms with E-state index < -0.39 is 11.7 Å². The van der Waals surface area contributed by atoms with Gasteiger partial charge in [-0.1, -0.05) is 18.2 Å². The van der Waals surface area contributed by atoms with Gasteiger partial charge in [0.1, 0.15) is 5.82 Å². The first-order valence-electron chi connectivity index (χ1n) is 7.21. The standard InChI is InChI=1S/C17H18FN3O2/c1-2-21(13-6-4-3-5-7-13)16(22)11-20-12-8-9-15(18)14(10-12)17(19)23/h3-10,20H,2,11H2,1H3,(H2,19,23). The Morgan fingerprint density at radius 2 is 1.87 bits per heavy atom. The molecule has 0 aliphatic rings. The van der Waals surface area contributed by atoms with E-state index in [1.165, 1.54) is 12.1 Å². The van der Waals surface area contributed by atoms with Crippen LogP contribution >= 0.6 is 0 Å². The largest absolute Gasteiger partial charge is 0.376 e. The zero-order valence-electron chi connectivity index (χ0n) is 12.8. The summed E-state index contributed by atoms with van der Waals surface area (Å²) >= 11 is 0. The summed E-state index contributed by atoms with van der Waals surface area (Å²) in [6.45, 7) is 2.43. The molecule has 2 aromatic carbocycles. The minimum absolute atomic E-state index is 0.0204. The van der Waals surface area contributed by atoms with Gasteiger partial charge in [0.05, 0.1) is 12.1 Å². The first kappa shape index (κ1) is 16.5. The lowest BCUT2D eigenvalue weighted by molar-refractivity contribution is -0.116. The zero-order chi connectivity index (χ0) is 16.8. The molecule has 0 radical (unpaired) electrons.